The van der Waals surface area contributed by atoms with Crippen LogP contribution in [0.15, 0.2) is 48.6 Å². The summed E-state index contributed by atoms with van der Waals surface area (Å²) in [5.41, 5.74) is 1.65. The Kier molecular flexibility index (Phi) is 10.5. The minimum Gasteiger partial charge on any atom is -0.496 e. The van der Waals surface area contributed by atoms with Gasteiger partial charge in [-0.1, -0.05) is 30.0 Å². The summed E-state index contributed by atoms with van der Waals surface area (Å²) >= 11 is 0.823. The highest BCUT2D eigenvalue weighted by atomic mass is 32.2. The van der Waals surface area contributed by atoms with E-state index in [1.807, 2.05) is 0 Å². The van der Waals surface area contributed by atoms with Crippen molar-refractivity contribution in [3.8, 4) is 17.2 Å². The summed E-state index contributed by atoms with van der Waals surface area (Å²) in [7, 11) is 2.84. The van der Waals surface area contributed by atoms with E-state index >= 15 is 0 Å². The molecule has 0 radical (unpaired) electrons. The number of ether oxygens (including phenoxy) is 3. The number of aliphatic hydroxyl groups is 2. The molecule has 8 nitrogen and oxygen atoms in total. The van der Waals surface area contributed by atoms with Crippen LogP contribution in [0.2, 0.25) is 0 Å². The Morgan fingerprint density at radius 1 is 0.941 bits per heavy atom. The van der Waals surface area contributed by atoms with Gasteiger partial charge in [-0.05, 0) is 54.5 Å². The van der Waals surface area contributed by atoms with E-state index < -0.39 is 5.97 Å². The van der Waals surface area contributed by atoms with E-state index in [9.17, 15) is 24.6 Å². The van der Waals surface area contributed by atoms with Crippen LogP contribution in [0.4, 0.5) is 0 Å². The Bertz CT molecular complexity index is 1080. The number of benzene rings is 2. The zero-order chi connectivity index (χ0) is 25.1. The van der Waals surface area contributed by atoms with Crippen molar-refractivity contribution >= 4 is 34.7 Å². The lowest BCUT2D eigenvalue weighted by Gasteiger charge is -2.12. The van der Waals surface area contributed by atoms with Gasteiger partial charge in [0, 0.05) is 11.1 Å². The Hall–Kier alpha value is -3.40. The number of allylic oxidation sites excluding steroid dienone is 2. The Balaban J connectivity index is 2.21. The lowest BCUT2D eigenvalue weighted by molar-refractivity contribution is -0.131. The van der Waals surface area contributed by atoms with E-state index in [4.69, 9.17) is 14.2 Å². The molecule has 0 saturated heterocycles. The smallest absolute Gasteiger partial charge is 0.321 e. The Labute approximate surface area is 201 Å². The number of rotatable bonds is 11. The first kappa shape index (κ1) is 26.8. The van der Waals surface area contributed by atoms with Crippen molar-refractivity contribution in [2.45, 2.75) is 20.1 Å². The third kappa shape index (κ3) is 7.31. The Morgan fingerprint density at radius 3 is 2.29 bits per heavy atom. The number of thioether (sulfide) groups is 1. The molecule has 0 unspecified atom stereocenters. The van der Waals surface area contributed by atoms with Crippen molar-refractivity contribution in [3.63, 3.8) is 0 Å². The average molecular weight is 487 g/mol. The molecule has 34 heavy (non-hydrogen) atoms. The third-order valence-electron chi connectivity index (χ3n) is 4.61. The second-order valence-corrected chi connectivity index (χ2v) is 7.80. The van der Waals surface area contributed by atoms with Gasteiger partial charge >= 0.3 is 5.97 Å². The minimum absolute atomic E-state index is 0.151. The first-order valence-corrected chi connectivity index (χ1v) is 11.2. The SMILES string of the molecule is C/C=C/C(=O)SCC(=O)Oc1cc(/C=C/C(=O)c2cc(CO)c(CO)c(OC)c2)ccc1OC. The molecular formula is C25H26O8S. The van der Waals surface area contributed by atoms with Gasteiger partial charge in [-0.25, -0.2) is 0 Å². The second kappa shape index (κ2) is 13.3. The summed E-state index contributed by atoms with van der Waals surface area (Å²) in [6.07, 6.45) is 5.81. The molecule has 0 fully saturated rings. The summed E-state index contributed by atoms with van der Waals surface area (Å²) in [6.45, 7) is 1.01. The predicted molar refractivity (Wildman–Crippen MR) is 129 cm³/mol. The molecule has 2 N–H and O–H groups in total. The topological polar surface area (TPSA) is 119 Å². The van der Waals surface area contributed by atoms with Crippen LogP contribution in [-0.2, 0) is 22.8 Å². The molecule has 0 amide bonds. The molecule has 0 saturated carbocycles. The molecule has 0 aliphatic rings. The molecule has 180 valence electrons. The molecule has 0 spiro atoms. The molecule has 0 bridgehead atoms. The van der Waals surface area contributed by atoms with Gasteiger partial charge in [-0.15, -0.1) is 0 Å². The summed E-state index contributed by atoms with van der Waals surface area (Å²) in [5, 5.41) is 18.8. The van der Waals surface area contributed by atoms with Crippen molar-refractivity contribution in [3.05, 3.63) is 70.8 Å². The predicted octanol–water partition coefficient (Wildman–Crippen LogP) is 3.33. The van der Waals surface area contributed by atoms with Gasteiger partial charge in [0.2, 0.25) is 5.12 Å². The zero-order valence-corrected chi connectivity index (χ0v) is 19.9. The number of hydrogen-bond acceptors (Lipinski definition) is 9. The highest BCUT2D eigenvalue weighted by molar-refractivity contribution is 8.14. The van der Waals surface area contributed by atoms with Crippen LogP contribution in [0.1, 0.15) is 34.0 Å². The lowest BCUT2D eigenvalue weighted by atomic mass is 10.0. The molecule has 0 heterocycles. The molecule has 0 aliphatic carbocycles. The fourth-order valence-corrected chi connectivity index (χ4v) is 3.51. The van der Waals surface area contributed by atoms with E-state index in [-0.39, 0.29) is 41.2 Å². The van der Waals surface area contributed by atoms with Crippen LogP contribution in [0.3, 0.4) is 0 Å². The van der Waals surface area contributed by atoms with Crippen LogP contribution in [0, 0.1) is 0 Å². The number of ketones is 1. The van der Waals surface area contributed by atoms with Gasteiger partial charge in [0.15, 0.2) is 17.3 Å². The fourth-order valence-electron chi connectivity index (χ4n) is 2.96. The Morgan fingerprint density at radius 2 is 1.68 bits per heavy atom. The number of hydrogen-bond donors (Lipinski definition) is 2. The number of carbonyl (C=O) groups is 3. The minimum atomic E-state index is -0.619. The van der Waals surface area contributed by atoms with E-state index in [0.29, 0.717) is 28.2 Å². The average Bonchev–Trinajstić information content (AvgIpc) is 2.85. The first-order valence-electron chi connectivity index (χ1n) is 10.2. The third-order valence-corrected chi connectivity index (χ3v) is 5.41. The van der Waals surface area contributed by atoms with Gasteiger partial charge in [0.1, 0.15) is 5.75 Å². The van der Waals surface area contributed by atoms with Crippen LogP contribution in [-0.4, -0.2) is 47.1 Å². The quantitative estimate of drug-likeness (QED) is 0.213. The zero-order valence-electron chi connectivity index (χ0n) is 19.1. The number of methoxy groups -OCH3 is 2. The van der Waals surface area contributed by atoms with Crippen molar-refractivity contribution in [1.82, 2.24) is 0 Å². The van der Waals surface area contributed by atoms with Crippen molar-refractivity contribution in [2.75, 3.05) is 20.0 Å². The summed E-state index contributed by atoms with van der Waals surface area (Å²) < 4.78 is 15.8. The van der Waals surface area contributed by atoms with Crippen LogP contribution >= 0.6 is 11.8 Å². The number of carbonyl (C=O) groups excluding carboxylic acids is 3. The summed E-state index contributed by atoms with van der Waals surface area (Å²) in [5.74, 6) is -0.368. The monoisotopic (exact) mass is 486 g/mol. The normalized spacial score (nSPS) is 11.1. The van der Waals surface area contributed by atoms with Crippen molar-refractivity contribution in [1.29, 1.82) is 0 Å². The van der Waals surface area contributed by atoms with Gasteiger partial charge in [-0.3, -0.25) is 14.4 Å². The fraction of sp³-hybridized carbons (Fsp3) is 0.240. The molecular weight excluding hydrogens is 460 g/mol. The van der Waals surface area contributed by atoms with E-state index in [1.165, 1.54) is 50.6 Å². The summed E-state index contributed by atoms with van der Waals surface area (Å²) in [6, 6.07) is 7.79. The van der Waals surface area contributed by atoms with Gasteiger partial charge < -0.3 is 24.4 Å². The van der Waals surface area contributed by atoms with Crippen LogP contribution in [0.5, 0.6) is 17.2 Å². The van der Waals surface area contributed by atoms with E-state index in [1.54, 1.807) is 25.1 Å². The first-order chi connectivity index (χ1) is 16.4. The molecule has 2 aromatic carbocycles. The highest BCUT2D eigenvalue weighted by Gasteiger charge is 2.15. The molecule has 9 heteroatoms. The molecule has 0 aromatic heterocycles. The van der Waals surface area contributed by atoms with E-state index in [0.717, 1.165) is 11.8 Å². The standard InChI is InChI=1S/C25H26O8S/c1-4-5-25(30)34-15-24(29)33-23-10-16(7-9-21(23)31-2)6-8-20(28)17-11-18(13-26)19(14-27)22(12-17)32-3/h4-12,26-27H,13-15H2,1-3H3/b5-4+,8-6+. The largest absolute Gasteiger partial charge is 0.496 e. The van der Waals surface area contributed by atoms with Crippen LogP contribution in [0.25, 0.3) is 6.08 Å². The van der Waals surface area contributed by atoms with Crippen molar-refractivity contribution < 1.29 is 38.8 Å². The maximum absolute atomic E-state index is 12.7. The molecule has 0 aliphatic heterocycles. The second-order valence-electron chi connectivity index (χ2n) is 6.82. The maximum Gasteiger partial charge on any atom is 0.321 e. The molecule has 2 aromatic rings. The highest BCUT2D eigenvalue weighted by Crippen LogP contribution is 2.30. The number of esters is 1. The lowest BCUT2D eigenvalue weighted by Crippen LogP contribution is -2.12. The summed E-state index contributed by atoms with van der Waals surface area (Å²) in [4.78, 5) is 36.4. The van der Waals surface area contributed by atoms with Crippen LogP contribution < -0.4 is 14.2 Å². The molecule has 0 atom stereocenters. The van der Waals surface area contributed by atoms with Crippen molar-refractivity contribution in [2.24, 2.45) is 0 Å². The number of aliphatic hydroxyl groups excluding tert-OH is 2. The van der Waals surface area contributed by atoms with Gasteiger partial charge in [0.05, 0.1) is 33.2 Å². The van der Waals surface area contributed by atoms with Gasteiger partial charge in [0.25, 0.3) is 0 Å². The van der Waals surface area contributed by atoms with Gasteiger partial charge in [-0.2, -0.15) is 0 Å². The van der Waals surface area contributed by atoms with E-state index in [2.05, 4.69) is 0 Å². The maximum atomic E-state index is 12.7. The molecule has 2 rings (SSSR count).